The summed E-state index contributed by atoms with van der Waals surface area (Å²) in [7, 11) is 4.07. The molecule has 1 aromatic rings. The number of hydrogen-bond donors (Lipinski definition) is 1. The molecule has 1 fully saturated rings. The van der Waals surface area contributed by atoms with E-state index in [1.807, 2.05) is 0 Å². The van der Waals surface area contributed by atoms with Crippen LogP contribution in [0.25, 0.3) is 0 Å². The summed E-state index contributed by atoms with van der Waals surface area (Å²) in [5, 5.41) is 2.71. The molecular weight excluding hydrogens is 353 g/mol. The van der Waals surface area contributed by atoms with E-state index in [0.29, 0.717) is 17.2 Å². The van der Waals surface area contributed by atoms with E-state index in [0.717, 1.165) is 7.11 Å². The molecule has 0 aliphatic carbocycles. The van der Waals surface area contributed by atoms with Crippen LogP contribution >= 0.6 is 0 Å². The summed E-state index contributed by atoms with van der Waals surface area (Å²) in [5.74, 6) is 0.692. The topological polar surface area (TPSA) is 60.0 Å². The number of likely N-dealkylation sites (tertiary alicyclic amines) is 1. The molecule has 1 aliphatic heterocycles. The number of carbonyl (C=O) groups excluding carboxylic acids is 1. The van der Waals surface area contributed by atoms with Gasteiger partial charge >= 0.3 is 6.18 Å². The van der Waals surface area contributed by atoms with Gasteiger partial charge < -0.3 is 19.5 Å². The summed E-state index contributed by atoms with van der Waals surface area (Å²) >= 11 is 0. The number of benzene rings is 1. The first-order valence-corrected chi connectivity index (χ1v) is 8.11. The average molecular weight is 376 g/mol. The Kier molecular flexibility index (Phi) is 6.35. The van der Waals surface area contributed by atoms with E-state index >= 15 is 0 Å². The molecule has 1 aromatic carbocycles. The number of hydrogen-bond acceptors (Lipinski definition) is 5. The van der Waals surface area contributed by atoms with Crippen molar-refractivity contribution in [2.75, 3.05) is 46.3 Å². The molecule has 0 unspecified atom stereocenters. The third-order valence-corrected chi connectivity index (χ3v) is 4.61. The van der Waals surface area contributed by atoms with E-state index in [1.54, 1.807) is 23.1 Å². The lowest BCUT2D eigenvalue weighted by Crippen LogP contribution is -2.55. The van der Waals surface area contributed by atoms with Crippen LogP contribution in [0, 0.1) is 0 Å². The molecule has 6 nitrogen and oxygen atoms in total. The summed E-state index contributed by atoms with van der Waals surface area (Å²) in [6, 6.07) is 4.94. The predicted molar refractivity (Wildman–Crippen MR) is 89.6 cm³/mol. The number of ether oxygens (including phenoxy) is 3. The van der Waals surface area contributed by atoms with Crippen molar-refractivity contribution in [1.82, 2.24) is 4.90 Å². The maximum absolute atomic E-state index is 13.2. The van der Waals surface area contributed by atoms with Crippen LogP contribution in [0.15, 0.2) is 18.2 Å². The summed E-state index contributed by atoms with van der Waals surface area (Å²) in [6.07, 6.45) is -4.82. The largest absolute Gasteiger partial charge is 0.493 e. The highest BCUT2D eigenvalue weighted by atomic mass is 19.4. The quantitative estimate of drug-likeness (QED) is 0.827. The number of methoxy groups -OCH3 is 3. The second-order valence-electron chi connectivity index (χ2n) is 6.09. The van der Waals surface area contributed by atoms with Gasteiger partial charge in [0.15, 0.2) is 17.1 Å². The summed E-state index contributed by atoms with van der Waals surface area (Å²) in [5.41, 5.74) is -1.60. The van der Waals surface area contributed by atoms with Gasteiger partial charge in [-0.25, -0.2) is 0 Å². The SMILES string of the molecule is COc1ccc(NC(=O)CN2CCC(OC)(C(F)(F)F)CC2)cc1OC. The molecule has 0 bridgehead atoms. The van der Waals surface area contributed by atoms with Gasteiger partial charge in [0.1, 0.15) is 0 Å². The Morgan fingerprint density at radius 1 is 1.15 bits per heavy atom. The van der Waals surface area contributed by atoms with Crippen LogP contribution in [0.4, 0.5) is 18.9 Å². The van der Waals surface area contributed by atoms with Crippen molar-refractivity contribution < 1.29 is 32.2 Å². The first-order valence-electron chi connectivity index (χ1n) is 8.11. The van der Waals surface area contributed by atoms with Crippen LogP contribution in [0.5, 0.6) is 11.5 Å². The lowest BCUT2D eigenvalue weighted by atomic mass is 9.90. The highest BCUT2D eigenvalue weighted by Gasteiger charge is 2.56. The molecule has 0 aromatic heterocycles. The molecule has 9 heteroatoms. The number of carbonyl (C=O) groups is 1. The molecule has 2 rings (SSSR count). The minimum absolute atomic E-state index is 0.00595. The second-order valence-corrected chi connectivity index (χ2v) is 6.09. The lowest BCUT2D eigenvalue weighted by Gasteiger charge is -2.41. The minimum atomic E-state index is -4.42. The Balaban J connectivity index is 1.92. The zero-order valence-corrected chi connectivity index (χ0v) is 15.0. The van der Waals surface area contributed by atoms with E-state index in [2.05, 4.69) is 5.32 Å². The number of anilines is 1. The third-order valence-electron chi connectivity index (χ3n) is 4.61. The second kappa shape index (κ2) is 8.13. The lowest BCUT2D eigenvalue weighted by molar-refractivity contribution is -0.282. The van der Waals surface area contributed by atoms with Crippen LogP contribution in [0.3, 0.4) is 0 Å². The highest BCUT2D eigenvalue weighted by molar-refractivity contribution is 5.92. The Hall–Kier alpha value is -2.00. The Labute approximate surface area is 150 Å². The maximum Gasteiger partial charge on any atom is 0.417 e. The van der Waals surface area contributed by atoms with Crippen molar-refractivity contribution in [2.45, 2.75) is 24.6 Å². The fraction of sp³-hybridized carbons (Fsp3) is 0.588. The summed E-state index contributed by atoms with van der Waals surface area (Å²) in [4.78, 5) is 13.9. The Morgan fingerprint density at radius 3 is 2.27 bits per heavy atom. The van der Waals surface area contributed by atoms with Crippen molar-refractivity contribution in [3.8, 4) is 11.5 Å². The van der Waals surface area contributed by atoms with Crippen molar-refractivity contribution in [2.24, 2.45) is 0 Å². The predicted octanol–water partition coefficient (Wildman–Crippen LogP) is 2.69. The summed E-state index contributed by atoms with van der Waals surface area (Å²) < 4.78 is 54.5. The number of alkyl halides is 3. The van der Waals surface area contributed by atoms with Crippen LogP contribution in [-0.2, 0) is 9.53 Å². The first-order chi connectivity index (χ1) is 12.2. The third kappa shape index (κ3) is 4.39. The Morgan fingerprint density at radius 2 is 1.77 bits per heavy atom. The number of amides is 1. The van der Waals surface area contributed by atoms with Gasteiger partial charge in [-0.1, -0.05) is 0 Å². The van der Waals surface area contributed by atoms with Crippen molar-refractivity contribution in [3.05, 3.63) is 18.2 Å². The fourth-order valence-electron chi connectivity index (χ4n) is 2.99. The molecule has 26 heavy (non-hydrogen) atoms. The smallest absolute Gasteiger partial charge is 0.417 e. The van der Waals surface area contributed by atoms with Crippen molar-refractivity contribution >= 4 is 11.6 Å². The van der Waals surface area contributed by atoms with Gasteiger partial charge in [0.25, 0.3) is 0 Å². The molecule has 0 radical (unpaired) electrons. The standard InChI is InChI=1S/C17H23F3N2O4/c1-24-13-5-4-12(10-14(13)25-2)21-15(23)11-22-8-6-16(26-3,7-9-22)17(18,19)20/h4-5,10H,6-9,11H2,1-3H3,(H,21,23). The molecule has 1 N–H and O–H groups in total. The number of piperidine rings is 1. The summed E-state index contributed by atoms with van der Waals surface area (Å²) in [6.45, 7) is 0.269. The van der Waals surface area contributed by atoms with Gasteiger partial charge in [-0.3, -0.25) is 9.69 Å². The van der Waals surface area contributed by atoms with Crippen LogP contribution in [-0.4, -0.2) is 63.5 Å². The molecule has 1 heterocycles. The molecule has 0 atom stereocenters. The normalized spacial score (nSPS) is 17.6. The molecule has 1 amide bonds. The molecule has 1 saturated heterocycles. The van der Waals surface area contributed by atoms with Crippen LogP contribution in [0.1, 0.15) is 12.8 Å². The van der Waals surface area contributed by atoms with E-state index in [1.165, 1.54) is 14.2 Å². The van der Waals surface area contributed by atoms with Crippen LogP contribution < -0.4 is 14.8 Å². The average Bonchev–Trinajstić information content (AvgIpc) is 2.61. The zero-order chi connectivity index (χ0) is 19.4. The highest BCUT2D eigenvalue weighted by Crippen LogP contribution is 2.41. The van der Waals surface area contributed by atoms with Gasteiger partial charge in [-0.15, -0.1) is 0 Å². The van der Waals surface area contributed by atoms with Gasteiger partial charge in [0, 0.05) is 32.0 Å². The Bertz CT molecular complexity index is 629. The van der Waals surface area contributed by atoms with Crippen LogP contribution in [0.2, 0.25) is 0 Å². The molecule has 0 saturated carbocycles. The molecule has 146 valence electrons. The number of nitrogens with one attached hydrogen (secondary N) is 1. The number of halogens is 3. The van der Waals surface area contributed by atoms with Gasteiger partial charge in [0.05, 0.1) is 20.8 Å². The molecule has 0 spiro atoms. The van der Waals surface area contributed by atoms with Crippen molar-refractivity contribution in [1.29, 1.82) is 0 Å². The fourth-order valence-corrected chi connectivity index (χ4v) is 2.99. The maximum atomic E-state index is 13.2. The van der Waals surface area contributed by atoms with E-state index in [4.69, 9.17) is 14.2 Å². The monoisotopic (exact) mass is 376 g/mol. The number of nitrogens with zero attached hydrogens (tertiary/aromatic N) is 1. The van der Waals surface area contributed by atoms with E-state index in [9.17, 15) is 18.0 Å². The number of rotatable bonds is 6. The zero-order valence-electron chi connectivity index (χ0n) is 15.0. The first kappa shape index (κ1) is 20.3. The van der Waals surface area contributed by atoms with Crippen molar-refractivity contribution in [3.63, 3.8) is 0 Å². The van der Waals surface area contributed by atoms with Gasteiger partial charge in [0.2, 0.25) is 5.91 Å². The van der Waals surface area contributed by atoms with E-state index < -0.39 is 11.8 Å². The van der Waals surface area contributed by atoms with E-state index in [-0.39, 0.29) is 38.4 Å². The minimum Gasteiger partial charge on any atom is -0.493 e. The molecular formula is C17H23F3N2O4. The molecule has 1 aliphatic rings. The van der Waals surface area contributed by atoms with Gasteiger partial charge in [-0.2, -0.15) is 13.2 Å². The van der Waals surface area contributed by atoms with Gasteiger partial charge in [-0.05, 0) is 25.0 Å².